The molecule has 0 aliphatic carbocycles. The molecule has 1 aromatic carbocycles. The molecule has 2 fully saturated rings. The van der Waals surface area contributed by atoms with Crippen molar-refractivity contribution in [2.24, 2.45) is 0 Å². The Balaban J connectivity index is 1.36. The van der Waals surface area contributed by atoms with Gasteiger partial charge < -0.3 is 25.5 Å². The number of imidazole rings is 1. The van der Waals surface area contributed by atoms with E-state index in [1.807, 2.05) is 18.2 Å². The van der Waals surface area contributed by atoms with E-state index in [9.17, 15) is 5.11 Å². The van der Waals surface area contributed by atoms with Gasteiger partial charge in [0.05, 0.1) is 24.1 Å². The largest absolute Gasteiger partial charge is 0.393 e. The third kappa shape index (κ3) is 3.08. The fraction of sp³-hybridized carbons (Fsp3) is 0.450. The van der Waals surface area contributed by atoms with Gasteiger partial charge in [0.2, 0.25) is 5.95 Å². The Morgan fingerprint density at radius 3 is 2.75 bits per heavy atom. The number of piperidine rings is 1. The Morgan fingerprint density at radius 2 is 1.96 bits per heavy atom. The van der Waals surface area contributed by atoms with E-state index in [0.29, 0.717) is 18.5 Å². The summed E-state index contributed by atoms with van der Waals surface area (Å²) in [5, 5.41) is 10.5. The molecule has 2 aliphatic heterocycles. The summed E-state index contributed by atoms with van der Waals surface area (Å²) in [5.41, 5.74) is 8.07. The van der Waals surface area contributed by atoms with Gasteiger partial charge in [0.15, 0.2) is 11.5 Å². The zero-order valence-electron chi connectivity index (χ0n) is 15.6. The molecule has 0 radical (unpaired) electrons. The lowest BCUT2D eigenvalue weighted by Crippen LogP contribution is -2.51. The van der Waals surface area contributed by atoms with E-state index in [-0.39, 0.29) is 23.8 Å². The molecule has 2 saturated heterocycles. The predicted octanol–water partition coefficient (Wildman–Crippen LogP) is 2.19. The number of nitrogens with zero attached hydrogens (tertiary/aromatic N) is 4. The van der Waals surface area contributed by atoms with Gasteiger partial charge in [-0.1, -0.05) is 30.3 Å². The van der Waals surface area contributed by atoms with E-state index in [0.717, 1.165) is 42.8 Å². The number of nitrogen functional groups attached to an aromatic ring is 1. The molecule has 8 heteroatoms. The Labute approximate surface area is 162 Å². The van der Waals surface area contributed by atoms with Gasteiger partial charge in [-0.2, -0.15) is 9.97 Å². The van der Waals surface area contributed by atoms with E-state index in [2.05, 4.69) is 37.0 Å². The van der Waals surface area contributed by atoms with Crippen LogP contribution in [-0.2, 0) is 4.74 Å². The maximum absolute atomic E-state index is 10.5. The molecule has 0 bridgehead atoms. The number of hydrogen-bond donors (Lipinski definition) is 3. The number of fused-ring (bicyclic) bond motifs is 1. The molecule has 2 aliphatic rings. The van der Waals surface area contributed by atoms with Crippen molar-refractivity contribution in [3.8, 4) is 0 Å². The first-order valence-corrected chi connectivity index (χ1v) is 9.74. The van der Waals surface area contributed by atoms with Crippen LogP contribution in [-0.4, -0.2) is 49.8 Å². The summed E-state index contributed by atoms with van der Waals surface area (Å²) >= 11 is 0. The number of aliphatic hydroxyl groups is 1. The number of nitrogens with one attached hydrogen (secondary N) is 1. The molecule has 2 atom stereocenters. The van der Waals surface area contributed by atoms with Crippen molar-refractivity contribution in [3.05, 3.63) is 42.2 Å². The topological polar surface area (TPSA) is 113 Å². The van der Waals surface area contributed by atoms with Crippen LogP contribution >= 0.6 is 0 Å². The van der Waals surface area contributed by atoms with Crippen LogP contribution in [0.25, 0.3) is 11.2 Å². The second-order valence-electron chi connectivity index (χ2n) is 7.79. The number of rotatable bonds is 2. The van der Waals surface area contributed by atoms with Crippen molar-refractivity contribution in [1.82, 2.24) is 19.9 Å². The van der Waals surface area contributed by atoms with E-state index in [4.69, 9.17) is 10.5 Å². The van der Waals surface area contributed by atoms with Crippen LogP contribution < -0.4 is 10.6 Å². The second kappa shape index (κ2) is 6.72. The van der Waals surface area contributed by atoms with Gasteiger partial charge in [-0.3, -0.25) is 0 Å². The van der Waals surface area contributed by atoms with Crippen LogP contribution in [0.1, 0.15) is 37.4 Å². The number of aliphatic hydroxyl groups excluding tert-OH is 1. The maximum atomic E-state index is 10.5. The first-order valence-electron chi connectivity index (χ1n) is 9.74. The van der Waals surface area contributed by atoms with Crippen molar-refractivity contribution < 1.29 is 9.84 Å². The number of aromatic nitrogens is 4. The number of anilines is 2. The zero-order chi connectivity index (χ0) is 19.1. The van der Waals surface area contributed by atoms with Gasteiger partial charge in [-0.25, -0.2) is 4.98 Å². The summed E-state index contributed by atoms with van der Waals surface area (Å²) in [6.07, 6.45) is 4.17. The Kier molecular flexibility index (Phi) is 4.17. The minimum atomic E-state index is -0.348. The number of hydrogen-bond acceptors (Lipinski definition) is 7. The molecule has 8 nitrogen and oxygen atoms in total. The smallest absolute Gasteiger partial charge is 0.224 e. The third-order valence-electron chi connectivity index (χ3n) is 5.92. The number of benzene rings is 1. The van der Waals surface area contributed by atoms with Crippen LogP contribution in [0.15, 0.2) is 36.7 Å². The van der Waals surface area contributed by atoms with Crippen molar-refractivity contribution in [1.29, 1.82) is 0 Å². The fourth-order valence-electron chi connectivity index (χ4n) is 4.54. The minimum absolute atomic E-state index is 0.0643. The molecule has 4 N–H and O–H groups in total. The summed E-state index contributed by atoms with van der Waals surface area (Å²) in [7, 11) is 0. The highest BCUT2D eigenvalue weighted by Crippen LogP contribution is 2.43. The average Bonchev–Trinajstić information content (AvgIpc) is 3.16. The van der Waals surface area contributed by atoms with Gasteiger partial charge in [0, 0.05) is 25.9 Å². The van der Waals surface area contributed by atoms with E-state index in [1.54, 1.807) is 6.33 Å². The number of H-pyrrole nitrogens is 1. The Morgan fingerprint density at radius 1 is 1.18 bits per heavy atom. The highest BCUT2D eigenvalue weighted by atomic mass is 16.5. The summed E-state index contributed by atoms with van der Waals surface area (Å²) in [6, 6.07) is 10.2. The van der Waals surface area contributed by atoms with E-state index in [1.165, 1.54) is 0 Å². The van der Waals surface area contributed by atoms with Crippen molar-refractivity contribution in [2.75, 3.05) is 23.7 Å². The van der Waals surface area contributed by atoms with Gasteiger partial charge in [0.1, 0.15) is 5.52 Å². The number of nitrogens with two attached hydrogens (primary N) is 1. The summed E-state index contributed by atoms with van der Waals surface area (Å²) < 4.78 is 6.59. The third-order valence-corrected chi connectivity index (χ3v) is 5.92. The molecule has 0 saturated carbocycles. The molecule has 4 heterocycles. The minimum Gasteiger partial charge on any atom is -0.393 e. The Bertz CT molecular complexity index is 967. The lowest BCUT2D eigenvalue weighted by molar-refractivity contribution is -0.173. The highest BCUT2D eigenvalue weighted by molar-refractivity contribution is 5.84. The first kappa shape index (κ1) is 17.4. The predicted molar refractivity (Wildman–Crippen MR) is 106 cm³/mol. The molecule has 3 aromatic rings. The van der Waals surface area contributed by atoms with Gasteiger partial charge in [-0.15, -0.1) is 0 Å². The average molecular weight is 380 g/mol. The molecule has 0 unspecified atom stereocenters. The van der Waals surface area contributed by atoms with Crippen LogP contribution in [0.2, 0.25) is 0 Å². The van der Waals surface area contributed by atoms with Crippen LogP contribution in [0.3, 0.4) is 0 Å². The van der Waals surface area contributed by atoms with Crippen LogP contribution in [0.4, 0.5) is 11.8 Å². The summed E-state index contributed by atoms with van der Waals surface area (Å²) in [5.74, 6) is 1.01. The molecule has 0 amide bonds. The first-order chi connectivity index (χ1) is 13.6. The molecule has 28 heavy (non-hydrogen) atoms. The van der Waals surface area contributed by atoms with E-state index >= 15 is 0 Å². The molecular formula is C20H24N6O2. The van der Waals surface area contributed by atoms with E-state index < -0.39 is 0 Å². The lowest BCUT2D eigenvalue weighted by atomic mass is 9.81. The van der Waals surface area contributed by atoms with Crippen LogP contribution in [0.5, 0.6) is 0 Å². The number of ether oxygens (including phenoxy) is 1. The fourth-order valence-corrected chi connectivity index (χ4v) is 4.54. The Hall–Kier alpha value is -2.71. The zero-order valence-corrected chi connectivity index (χ0v) is 15.6. The number of aromatic amines is 1. The lowest BCUT2D eigenvalue weighted by Gasteiger charge is -2.48. The monoisotopic (exact) mass is 380 g/mol. The van der Waals surface area contributed by atoms with Gasteiger partial charge in [0.25, 0.3) is 0 Å². The normalized spacial score (nSPS) is 24.7. The van der Waals surface area contributed by atoms with Gasteiger partial charge >= 0.3 is 0 Å². The second-order valence-corrected chi connectivity index (χ2v) is 7.79. The van der Waals surface area contributed by atoms with Crippen molar-refractivity contribution in [2.45, 2.75) is 43.5 Å². The van der Waals surface area contributed by atoms with Crippen molar-refractivity contribution >= 4 is 22.9 Å². The standard InChI is InChI=1S/C20H24N6O2/c21-19-24-17-16(22-12-23-17)18(25-19)26-8-6-20(7-9-26)11-14(27)10-15(28-20)13-4-2-1-3-5-13/h1-5,12,14-15,27H,6-11H2,(H3,21,22,23,24,25)/t14-,15-/m1/s1. The molecule has 5 rings (SSSR count). The molecule has 1 spiro atoms. The quantitative estimate of drug-likeness (QED) is 0.624. The molecular weight excluding hydrogens is 356 g/mol. The maximum Gasteiger partial charge on any atom is 0.224 e. The molecule has 146 valence electrons. The highest BCUT2D eigenvalue weighted by Gasteiger charge is 2.44. The van der Waals surface area contributed by atoms with Crippen LogP contribution in [0, 0.1) is 0 Å². The summed E-state index contributed by atoms with van der Waals surface area (Å²) in [4.78, 5) is 18.1. The summed E-state index contributed by atoms with van der Waals surface area (Å²) in [6.45, 7) is 1.55. The van der Waals surface area contributed by atoms with Gasteiger partial charge in [-0.05, 0) is 18.4 Å². The SMILES string of the molecule is Nc1nc(N2CCC3(CC2)C[C@H](O)C[C@H](c2ccccc2)O3)c2[nH]cnc2n1. The van der Waals surface area contributed by atoms with Crippen molar-refractivity contribution in [3.63, 3.8) is 0 Å². The molecule has 2 aromatic heterocycles.